The Balaban J connectivity index is 1.74. The van der Waals surface area contributed by atoms with Gasteiger partial charge >= 0.3 is 10.1 Å². The van der Waals surface area contributed by atoms with E-state index < -0.39 is 33.5 Å². The smallest absolute Gasteiger partial charge is 0.339 e. The molecule has 0 amide bonds. The Morgan fingerprint density at radius 2 is 1.73 bits per heavy atom. The molecular weight excluding hydrogens is 457 g/mol. The summed E-state index contributed by atoms with van der Waals surface area (Å²) in [4.78, 5) is -0.245. The molecule has 0 aromatic heterocycles. The van der Waals surface area contributed by atoms with Crippen LogP contribution in [0.1, 0.15) is 22.6 Å². The van der Waals surface area contributed by atoms with Gasteiger partial charge in [0.15, 0.2) is 11.6 Å². The van der Waals surface area contributed by atoms with Crippen LogP contribution in [0.4, 0.5) is 13.2 Å². The summed E-state index contributed by atoms with van der Waals surface area (Å²) in [6.45, 7) is 1.42. The van der Waals surface area contributed by atoms with E-state index in [1.165, 1.54) is 31.2 Å². The number of hydrogen-bond acceptors (Lipinski definition) is 6. The molecule has 0 bridgehead atoms. The van der Waals surface area contributed by atoms with E-state index in [1.54, 1.807) is 0 Å². The van der Waals surface area contributed by atoms with Gasteiger partial charge in [0.1, 0.15) is 33.9 Å². The van der Waals surface area contributed by atoms with Gasteiger partial charge in [-0.25, -0.2) is 13.2 Å². The van der Waals surface area contributed by atoms with Crippen molar-refractivity contribution < 1.29 is 30.5 Å². The topological polar surface area (TPSA) is 102 Å². The molecule has 2 N–H and O–H groups in total. The van der Waals surface area contributed by atoms with E-state index in [1.807, 2.05) is 6.07 Å². The van der Waals surface area contributed by atoms with Gasteiger partial charge in [-0.3, -0.25) is 0 Å². The Kier molecular flexibility index (Phi) is 5.51. The number of rotatable bonds is 4. The van der Waals surface area contributed by atoms with Gasteiger partial charge in [0.05, 0.1) is 5.92 Å². The van der Waals surface area contributed by atoms with Gasteiger partial charge in [0, 0.05) is 11.6 Å². The number of nitriles is 1. The van der Waals surface area contributed by atoms with E-state index in [0.29, 0.717) is 5.56 Å². The summed E-state index contributed by atoms with van der Waals surface area (Å²) in [7, 11) is -4.29. The van der Waals surface area contributed by atoms with E-state index in [9.17, 15) is 26.9 Å². The molecule has 4 rings (SSSR count). The van der Waals surface area contributed by atoms with E-state index in [2.05, 4.69) is 0 Å². The zero-order valence-corrected chi connectivity index (χ0v) is 17.8. The van der Waals surface area contributed by atoms with Gasteiger partial charge in [-0.05, 0) is 54.4 Å². The number of halogens is 3. The van der Waals surface area contributed by atoms with Gasteiger partial charge in [-0.1, -0.05) is 12.1 Å². The fourth-order valence-electron chi connectivity index (χ4n) is 3.47. The van der Waals surface area contributed by atoms with Gasteiger partial charge < -0.3 is 14.7 Å². The predicted octanol–water partition coefficient (Wildman–Crippen LogP) is 4.40. The molecule has 0 spiro atoms. The second-order valence-corrected chi connectivity index (χ2v) is 8.79. The van der Waals surface area contributed by atoms with Crippen molar-refractivity contribution in [3.8, 4) is 17.6 Å². The van der Waals surface area contributed by atoms with Gasteiger partial charge in [0.25, 0.3) is 0 Å². The molecule has 1 aliphatic rings. The van der Waals surface area contributed by atoms with Crippen LogP contribution in [0.25, 0.3) is 0 Å². The molecule has 6 nitrogen and oxygen atoms in total. The highest BCUT2D eigenvalue weighted by Gasteiger charge is 2.32. The zero-order valence-electron chi connectivity index (χ0n) is 17.0. The highest BCUT2D eigenvalue weighted by molar-refractivity contribution is 7.87. The number of hydrogen-bond donors (Lipinski definition) is 1. The molecule has 0 fully saturated rings. The summed E-state index contributed by atoms with van der Waals surface area (Å²) in [6, 6.07) is 12.3. The van der Waals surface area contributed by atoms with Crippen molar-refractivity contribution in [3.05, 3.63) is 100 Å². The van der Waals surface area contributed by atoms with Crippen LogP contribution >= 0.6 is 0 Å². The molecule has 0 saturated heterocycles. The molecule has 33 heavy (non-hydrogen) atoms. The zero-order chi connectivity index (χ0) is 23.9. The van der Waals surface area contributed by atoms with Crippen molar-refractivity contribution in [1.29, 1.82) is 5.26 Å². The minimum absolute atomic E-state index is 0.0171. The molecule has 0 aliphatic carbocycles. The summed E-state index contributed by atoms with van der Waals surface area (Å²) in [6.07, 6.45) is 0. The lowest BCUT2D eigenvalue weighted by atomic mass is 9.83. The summed E-state index contributed by atoms with van der Waals surface area (Å²) in [5.74, 6) is -3.91. The van der Waals surface area contributed by atoms with Crippen LogP contribution in [0.2, 0.25) is 0 Å². The normalized spacial score (nSPS) is 15.4. The monoisotopic (exact) mass is 472 g/mol. The van der Waals surface area contributed by atoms with Gasteiger partial charge in [0.2, 0.25) is 5.88 Å². The quantitative estimate of drug-likeness (QED) is 0.565. The van der Waals surface area contributed by atoms with Crippen molar-refractivity contribution in [2.45, 2.75) is 17.7 Å². The molecule has 0 saturated carbocycles. The van der Waals surface area contributed by atoms with Gasteiger partial charge in [-0.2, -0.15) is 13.7 Å². The summed E-state index contributed by atoms with van der Waals surface area (Å²) in [5.41, 5.74) is 6.60. The Labute approximate surface area is 187 Å². The first-order valence-corrected chi connectivity index (χ1v) is 10.9. The minimum atomic E-state index is -4.29. The lowest BCUT2D eigenvalue weighted by molar-refractivity contribution is 0.391. The molecule has 10 heteroatoms. The maximum atomic E-state index is 13.9. The third-order valence-electron chi connectivity index (χ3n) is 5.09. The Morgan fingerprint density at radius 1 is 1.00 bits per heavy atom. The Morgan fingerprint density at radius 3 is 2.39 bits per heavy atom. The van der Waals surface area contributed by atoms with Crippen LogP contribution in [0.5, 0.6) is 11.5 Å². The average Bonchev–Trinajstić information content (AvgIpc) is 2.76. The maximum absolute atomic E-state index is 13.9. The largest absolute Gasteiger partial charge is 0.440 e. The molecule has 3 aromatic carbocycles. The third-order valence-corrected chi connectivity index (χ3v) is 6.33. The SMILES string of the molecule is Cc1cc(S(=O)(=O)Oc2ccc3c(c2)OC(N)=C(C#N)C3c2ccc(F)c(F)c2)ccc1F. The number of aryl methyl sites for hydroxylation is 1. The van der Waals surface area contributed by atoms with Crippen LogP contribution in [0.3, 0.4) is 0 Å². The van der Waals surface area contributed by atoms with Gasteiger partial charge in [-0.15, -0.1) is 0 Å². The average molecular weight is 472 g/mol. The number of allylic oxidation sites excluding steroid dienone is 1. The minimum Gasteiger partial charge on any atom is -0.440 e. The van der Waals surface area contributed by atoms with Crippen LogP contribution < -0.4 is 14.7 Å². The molecule has 0 radical (unpaired) electrons. The molecule has 168 valence electrons. The summed E-state index contributed by atoms with van der Waals surface area (Å²) < 4.78 is 76.6. The lowest BCUT2D eigenvalue weighted by Gasteiger charge is -2.26. The van der Waals surface area contributed by atoms with Crippen LogP contribution in [-0.4, -0.2) is 8.42 Å². The second-order valence-electron chi connectivity index (χ2n) is 7.25. The van der Waals surface area contributed by atoms with E-state index in [-0.39, 0.29) is 39.0 Å². The lowest BCUT2D eigenvalue weighted by Crippen LogP contribution is -2.21. The molecule has 1 heterocycles. The number of ether oxygens (including phenoxy) is 1. The fraction of sp³-hybridized carbons (Fsp3) is 0.0870. The maximum Gasteiger partial charge on any atom is 0.339 e. The van der Waals surface area contributed by atoms with Crippen LogP contribution in [0.15, 0.2) is 70.9 Å². The van der Waals surface area contributed by atoms with Crippen molar-refractivity contribution in [2.24, 2.45) is 5.73 Å². The summed E-state index contributed by atoms with van der Waals surface area (Å²) in [5, 5.41) is 9.55. The standard InChI is InChI=1S/C23H15F3N2O4S/c1-12-8-15(4-7-18(12)24)33(29,30)32-14-3-5-16-21(10-14)31-23(28)17(11-27)22(16)13-2-6-19(25)20(26)9-13/h2-10,22H,28H2,1H3. The first-order valence-electron chi connectivity index (χ1n) is 9.48. The van der Waals surface area contributed by atoms with E-state index in [0.717, 1.165) is 30.3 Å². The molecule has 1 unspecified atom stereocenters. The van der Waals surface area contributed by atoms with E-state index in [4.69, 9.17) is 14.7 Å². The van der Waals surface area contributed by atoms with Crippen molar-refractivity contribution >= 4 is 10.1 Å². The van der Waals surface area contributed by atoms with Crippen LogP contribution in [0, 0.1) is 35.7 Å². The van der Waals surface area contributed by atoms with Crippen molar-refractivity contribution in [3.63, 3.8) is 0 Å². The highest BCUT2D eigenvalue weighted by Crippen LogP contribution is 2.43. The van der Waals surface area contributed by atoms with Crippen LogP contribution in [-0.2, 0) is 10.1 Å². The first kappa shape index (κ1) is 22.2. The van der Waals surface area contributed by atoms with Crippen molar-refractivity contribution in [1.82, 2.24) is 0 Å². The van der Waals surface area contributed by atoms with E-state index >= 15 is 0 Å². The number of nitrogens with two attached hydrogens (primary N) is 1. The Bertz CT molecular complexity index is 1460. The number of fused-ring (bicyclic) bond motifs is 1. The molecule has 1 atom stereocenters. The number of benzene rings is 3. The third kappa shape index (κ3) is 4.10. The predicted molar refractivity (Wildman–Crippen MR) is 111 cm³/mol. The fourth-order valence-corrected chi connectivity index (χ4v) is 4.48. The second kappa shape index (κ2) is 8.18. The summed E-state index contributed by atoms with van der Waals surface area (Å²) >= 11 is 0. The first-order chi connectivity index (χ1) is 15.6. The molecule has 3 aromatic rings. The molecular formula is C23H15F3N2O4S. The molecule has 1 aliphatic heterocycles. The number of nitrogens with zero attached hydrogens (tertiary/aromatic N) is 1. The highest BCUT2D eigenvalue weighted by atomic mass is 32.2. The van der Waals surface area contributed by atoms with Crippen molar-refractivity contribution in [2.75, 3.05) is 0 Å². The Hall–Kier alpha value is -3.97.